The zero-order chi connectivity index (χ0) is 15.3. The van der Waals surface area contributed by atoms with Gasteiger partial charge in [-0.3, -0.25) is 0 Å². The van der Waals surface area contributed by atoms with E-state index in [0.29, 0.717) is 5.92 Å². The van der Waals surface area contributed by atoms with Gasteiger partial charge in [-0.2, -0.15) is 0 Å². The molecule has 1 aliphatic rings. The van der Waals surface area contributed by atoms with Gasteiger partial charge in [-0.15, -0.1) is 0 Å². The monoisotopic (exact) mass is 293 g/mol. The Morgan fingerprint density at radius 2 is 2.33 bits per heavy atom. The Bertz CT molecular complexity index is 427. The van der Waals surface area contributed by atoms with Crippen molar-refractivity contribution >= 4 is 0 Å². The Labute approximate surface area is 129 Å². The first-order valence-corrected chi connectivity index (χ1v) is 8.50. The highest BCUT2D eigenvalue weighted by Gasteiger charge is 2.41. The van der Waals surface area contributed by atoms with Crippen LogP contribution in [0, 0.1) is 5.92 Å². The molecule has 1 aromatic rings. The molecule has 0 radical (unpaired) electrons. The second-order valence-corrected chi connectivity index (χ2v) is 6.55. The van der Waals surface area contributed by atoms with Crippen molar-refractivity contribution < 1.29 is 4.74 Å². The molecule has 3 atom stereocenters. The average molecular weight is 293 g/mol. The maximum absolute atomic E-state index is 6.61. The van der Waals surface area contributed by atoms with E-state index in [2.05, 4.69) is 36.5 Å². The molecule has 4 nitrogen and oxygen atoms in total. The van der Waals surface area contributed by atoms with Gasteiger partial charge < -0.3 is 15.0 Å². The zero-order valence-corrected chi connectivity index (χ0v) is 13.8. The molecule has 2 N–H and O–H groups in total. The molecule has 3 unspecified atom stereocenters. The van der Waals surface area contributed by atoms with E-state index in [1.54, 1.807) is 0 Å². The highest BCUT2D eigenvalue weighted by Crippen LogP contribution is 2.37. The van der Waals surface area contributed by atoms with Gasteiger partial charge in [0, 0.05) is 38.0 Å². The molecule has 0 aliphatic heterocycles. The minimum Gasteiger partial charge on any atom is -0.374 e. The first-order chi connectivity index (χ1) is 10.1. The molecule has 2 rings (SSSR count). The fraction of sp³-hybridized carbons (Fsp3) is 0.824. The lowest BCUT2D eigenvalue weighted by Crippen LogP contribution is -2.54. The Hall–Kier alpha value is -0.870. The molecule has 1 saturated carbocycles. The van der Waals surface area contributed by atoms with Crippen LogP contribution < -0.4 is 5.73 Å². The molecule has 120 valence electrons. The average Bonchev–Trinajstić information content (AvgIpc) is 2.87. The van der Waals surface area contributed by atoms with E-state index in [1.807, 2.05) is 6.20 Å². The van der Waals surface area contributed by atoms with Crippen LogP contribution in [0.4, 0.5) is 0 Å². The number of aryl methyl sites for hydroxylation is 1. The van der Waals surface area contributed by atoms with Crippen molar-refractivity contribution in [1.82, 2.24) is 9.55 Å². The van der Waals surface area contributed by atoms with Crippen LogP contribution in [-0.2, 0) is 17.7 Å². The molecular weight excluding hydrogens is 262 g/mol. The van der Waals surface area contributed by atoms with Crippen molar-refractivity contribution in [2.24, 2.45) is 11.7 Å². The number of aromatic nitrogens is 2. The molecule has 1 aromatic heterocycles. The summed E-state index contributed by atoms with van der Waals surface area (Å²) in [4.78, 5) is 4.51. The van der Waals surface area contributed by atoms with Gasteiger partial charge in [-0.1, -0.05) is 26.7 Å². The van der Waals surface area contributed by atoms with Crippen LogP contribution in [0.1, 0.15) is 58.7 Å². The third kappa shape index (κ3) is 3.86. The van der Waals surface area contributed by atoms with Crippen LogP contribution in [0.3, 0.4) is 0 Å². The van der Waals surface area contributed by atoms with Gasteiger partial charge in [0.25, 0.3) is 0 Å². The summed E-state index contributed by atoms with van der Waals surface area (Å²) in [6, 6.07) is 0.0261. The number of nitrogens with two attached hydrogens (primary N) is 1. The number of nitrogens with zero attached hydrogens (tertiary/aromatic N) is 2. The Morgan fingerprint density at radius 1 is 1.52 bits per heavy atom. The fourth-order valence-corrected chi connectivity index (χ4v) is 3.76. The number of ether oxygens (including phenoxy) is 1. The summed E-state index contributed by atoms with van der Waals surface area (Å²) in [5.41, 5.74) is 6.45. The third-order valence-electron chi connectivity index (χ3n) is 4.77. The van der Waals surface area contributed by atoms with Gasteiger partial charge >= 0.3 is 0 Å². The van der Waals surface area contributed by atoms with Crippen molar-refractivity contribution in [2.45, 2.75) is 77.5 Å². The van der Waals surface area contributed by atoms with Crippen LogP contribution >= 0.6 is 0 Å². The number of hydrogen-bond acceptors (Lipinski definition) is 3. The lowest BCUT2D eigenvalue weighted by atomic mass is 9.74. The van der Waals surface area contributed by atoms with Crippen LogP contribution in [0.25, 0.3) is 0 Å². The highest BCUT2D eigenvalue weighted by atomic mass is 16.5. The Balaban J connectivity index is 2.11. The van der Waals surface area contributed by atoms with Gasteiger partial charge in [0.1, 0.15) is 5.82 Å². The maximum Gasteiger partial charge on any atom is 0.110 e. The minimum atomic E-state index is -0.157. The molecular formula is C17H31N3O. The lowest BCUT2D eigenvalue weighted by molar-refractivity contribution is -0.0929. The topological polar surface area (TPSA) is 53.1 Å². The highest BCUT2D eigenvalue weighted by molar-refractivity contribution is 5.03. The van der Waals surface area contributed by atoms with Gasteiger partial charge in [-0.05, 0) is 32.1 Å². The normalized spacial score (nSPS) is 27.7. The lowest BCUT2D eigenvalue weighted by Gasteiger charge is -2.44. The minimum absolute atomic E-state index is 0.0261. The van der Waals surface area contributed by atoms with E-state index in [0.717, 1.165) is 44.7 Å². The van der Waals surface area contributed by atoms with Crippen LogP contribution in [0.5, 0.6) is 0 Å². The largest absolute Gasteiger partial charge is 0.374 e. The van der Waals surface area contributed by atoms with E-state index in [-0.39, 0.29) is 11.6 Å². The molecule has 0 aromatic carbocycles. The third-order valence-corrected chi connectivity index (χ3v) is 4.77. The summed E-state index contributed by atoms with van der Waals surface area (Å²) in [7, 11) is 0. The van der Waals surface area contributed by atoms with E-state index < -0.39 is 0 Å². The van der Waals surface area contributed by atoms with Crippen molar-refractivity contribution in [2.75, 3.05) is 6.61 Å². The quantitative estimate of drug-likeness (QED) is 0.840. The van der Waals surface area contributed by atoms with Crippen LogP contribution in [0.15, 0.2) is 12.4 Å². The summed E-state index contributed by atoms with van der Waals surface area (Å²) < 4.78 is 8.42. The van der Waals surface area contributed by atoms with Crippen LogP contribution in [-0.4, -0.2) is 27.8 Å². The number of imidazole rings is 1. The molecule has 1 heterocycles. The number of rotatable bonds is 7. The van der Waals surface area contributed by atoms with Gasteiger partial charge in [0.05, 0.1) is 5.60 Å². The summed E-state index contributed by atoms with van der Waals surface area (Å²) in [6.07, 6.45) is 10.5. The fourth-order valence-electron chi connectivity index (χ4n) is 3.76. The SMILES string of the molecule is CCCn1ccnc1CC(N)C1(OCC)CCCC(C)C1. The Kier molecular flexibility index (Phi) is 5.82. The van der Waals surface area contributed by atoms with Crippen LogP contribution in [0.2, 0.25) is 0 Å². The van der Waals surface area contributed by atoms with Gasteiger partial charge in [0.15, 0.2) is 0 Å². The molecule has 0 amide bonds. The predicted octanol–water partition coefficient (Wildman–Crippen LogP) is 3.15. The van der Waals surface area contributed by atoms with E-state index in [4.69, 9.17) is 10.5 Å². The van der Waals surface area contributed by atoms with Gasteiger partial charge in [0.2, 0.25) is 0 Å². The molecule has 21 heavy (non-hydrogen) atoms. The molecule has 0 bridgehead atoms. The first kappa shape index (κ1) is 16.5. The molecule has 0 spiro atoms. The molecule has 1 aliphatic carbocycles. The molecule has 1 fully saturated rings. The first-order valence-electron chi connectivity index (χ1n) is 8.50. The summed E-state index contributed by atoms with van der Waals surface area (Å²) in [5, 5.41) is 0. The second kappa shape index (κ2) is 7.41. The molecule has 4 heteroatoms. The zero-order valence-electron chi connectivity index (χ0n) is 13.8. The summed E-state index contributed by atoms with van der Waals surface area (Å²) in [6.45, 7) is 8.33. The predicted molar refractivity (Wildman–Crippen MR) is 86.2 cm³/mol. The summed E-state index contributed by atoms with van der Waals surface area (Å²) in [5.74, 6) is 1.80. The second-order valence-electron chi connectivity index (χ2n) is 6.55. The van der Waals surface area contributed by atoms with E-state index in [1.165, 1.54) is 12.8 Å². The number of hydrogen-bond donors (Lipinski definition) is 1. The van der Waals surface area contributed by atoms with Crippen molar-refractivity contribution in [3.63, 3.8) is 0 Å². The maximum atomic E-state index is 6.61. The molecule has 0 saturated heterocycles. The van der Waals surface area contributed by atoms with Crippen molar-refractivity contribution in [3.05, 3.63) is 18.2 Å². The summed E-state index contributed by atoms with van der Waals surface area (Å²) >= 11 is 0. The van der Waals surface area contributed by atoms with E-state index >= 15 is 0 Å². The van der Waals surface area contributed by atoms with Crippen molar-refractivity contribution in [3.8, 4) is 0 Å². The van der Waals surface area contributed by atoms with E-state index in [9.17, 15) is 0 Å². The standard InChI is InChI=1S/C17H31N3O/c1-4-10-20-11-9-19-16(20)12-15(18)17(21-5-2)8-6-7-14(3)13-17/h9,11,14-15H,4-8,10,12-13,18H2,1-3H3. The van der Waals surface area contributed by atoms with Gasteiger partial charge in [-0.25, -0.2) is 4.98 Å². The Morgan fingerprint density at radius 3 is 3.00 bits per heavy atom. The van der Waals surface area contributed by atoms with Crippen molar-refractivity contribution in [1.29, 1.82) is 0 Å². The smallest absolute Gasteiger partial charge is 0.110 e.